The van der Waals surface area contributed by atoms with Gasteiger partial charge in [0.2, 0.25) is 0 Å². The number of hydrogen-bond acceptors (Lipinski definition) is 6. The van der Waals surface area contributed by atoms with E-state index < -0.39 is 0 Å². The molecule has 156 valence electrons. The summed E-state index contributed by atoms with van der Waals surface area (Å²) >= 11 is 4.54. The Hall–Kier alpha value is -2.77. The van der Waals surface area contributed by atoms with Crippen molar-refractivity contribution in [1.29, 1.82) is 0 Å². The number of aromatic nitrogens is 1. The molecule has 1 aliphatic heterocycles. The third-order valence-electron chi connectivity index (χ3n) is 5.52. The fraction of sp³-hybridized carbons (Fsp3) is 0.304. The summed E-state index contributed by atoms with van der Waals surface area (Å²) in [5, 5.41) is 4.00. The number of rotatable bonds is 6. The molecule has 30 heavy (non-hydrogen) atoms. The van der Waals surface area contributed by atoms with E-state index in [4.69, 9.17) is 4.74 Å². The van der Waals surface area contributed by atoms with Crippen LogP contribution in [-0.2, 0) is 0 Å². The maximum absolute atomic E-state index is 12.6. The minimum Gasteiger partial charge on any atom is -0.497 e. The Morgan fingerprint density at radius 2 is 1.87 bits per heavy atom. The van der Waals surface area contributed by atoms with Gasteiger partial charge in [-0.1, -0.05) is 12.1 Å². The van der Waals surface area contributed by atoms with E-state index >= 15 is 0 Å². The number of amides is 1. The molecule has 0 aliphatic carbocycles. The van der Waals surface area contributed by atoms with Crippen LogP contribution >= 0.6 is 12.6 Å². The van der Waals surface area contributed by atoms with Crippen LogP contribution in [-0.4, -0.2) is 62.2 Å². The Balaban J connectivity index is 1.26. The maximum atomic E-state index is 12.6. The number of methoxy groups -OCH3 is 1. The smallest absolute Gasteiger partial charge is 0.252 e. The molecule has 6 nitrogen and oxygen atoms in total. The average molecular weight is 423 g/mol. The zero-order valence-corrected chi connectivity index (χ0v) is 17.9. The Kier molecular flexibility index (Phi) is 6.40. The molecule has 1 fully saturated rings. The fourth-order valence-electron chi connectivity index (χ4n) is 3.76. The molecule has 0 unspecified atom stereocenters. The normalized spacial score (nSPS) is 14.7. The Morgan fingerprint density at radius 3 is 2.60 bits per heavy atom. The highest BCUT2D eigenvalue weighted by molar-refractivity contribution is 7.80. The number of pyridine rings is 1. The third kappa shape index (κ3) is 4.52. The van der Waals surface area contributed by atoms with Gasteiger partial charge in [-0.3, -0.25) is 14.7 Å². The van der Waals surface area contributed by atoms with Crippen molar-refractivity contribution in [2.75, 3.05) is 51.3 Å². The molecule has 1 aromatic heterocycles. The van der Waals surface area contributed by atoms with Crippen molar-refractivity contribution in [3.63, 3.8) is 0 Å². The van der Waals surface area contributed by atoms with Crippen molar-refractivity contribution in [1.82, 2.24) is 15.2 Å². The Morgan fingerprint density at radius 1 is 1.10 bits per heavy atom. The van der Waals surface area contributed by atoms with Crippen molar-refractivity contribution >= 4 is 35.1 Å². The van der Waals surface area contributed by atoms with Crippen molar-refractivity contribution in [2.45, 2.75) is 4.90 Å². The molecule has 1 saturated heterocycles. The van der Waals surface area contributed by atoms with Gasteiger partial charge in [0.1, 0.15) is 5.75 Å². The number of nitrogens with zero attached hydrogens (tertiary/aromatic N) is 3. The Bertz CT molecular complexity index is 1020. The molecule has 1 N–H and O–H groups in total. The highest BCUT2D eigenvalue weighted by Gasteiger charge is 2.18. The van der Waals surface area contributed by atoms with Gasteiger partial charge in [0.15, 0.2) is 0 Å². The summed E-state index contributed by atoms with van der Waals surface area (Å²) in [5.74, 6) is 0.768. The summed E-state index contributed by atoms with van der Waals surface area (Å²) in [6.45, 7) is 5.32. The number of piperazine rings is 1. The molecule has 2 aromatic carbocycles. The van der Waals surface area contributed by atoms with Crippen LogP contribution in [0.1, 0.15) is 10.4 Å². The fourth-order valence-corrected chi connectivity index (χ4v) is 4.12. The average Bonchev–Trinajstić information content (AvgIpc) is 2.80. The van der Waals surface area contributed by atoms with E-state index in [1.807, 2.05) is 36.4 Å². The van der Waals surface area contributed by atoms with Gasteiger partial charge < -0.3 is 15.0 Å². The summed E-state index contributed by atoms with van der Waals surface area (Å²) in [5.41, 5.74) is 2.53. The Labute approximate surface area is 182 Å². The van der Waals surface area contributed by atoms with Crippen LogP contribution in [0.15, 0.2) is 59.6 Å². The van der Waals surface area contributed by atoms with E-state index in [1.165, 1.54) is 5.69 Å². The van der Waals surface area contributed by atoms with Crippen LogP contribution in [0.25, 0.3) is 10.9 Å². The lowest BCUT2D eigenvalue weighted by molar-refractivity contribution is 0.0945. The molecule has 0 bridgehead atoms. The lowest BCUT2D eigenvalue weighted by atomic mass is 10.1. The van der Waals surface area contributed by atoms with Crippen LogP contribution in [0.5, 0.6) is 5.75 Å². The first-order chi connectivity index (χ1) is 14.7. The molecular formula is C23H26N4O2S. The number of thiol groups is 1. The summed E-state index contributed by atoms with van der Waals surface area (Å²) < 4.78 is 5.23. The minimum absolute atomic E-state index is 0.107. The SMILES string of the molecule is COc1ccc(N2CCN(CCNC(=O)c3ccc4cccnc4c3S)CC2)cc1. The van der Waals surface area contributed by atoms with Crippen molar-refractivity contribution in [3.05, 3.63) is 60.3 Å². The van der Waals surface area contributed by atoms with Gasteiger partial charge in [-0.2, -0.15) is 0 Å². The topological polar surface area (TPSA) is 57.7 Å². The van der Waals surface area contributed by atoms with Gasteiger partial charge in [0, 0.05) is 61.4 Å². The summed E-state index contributed by atoms with van der Waals surface area (Å²) in [7, 11) is 1.68. The molecule has 1 amide bonds. The molecule has 7 heteroatoms. The van der Waals surface area contributed by atoms with E-state index in [0.29, 0.717) is 17.0 Å². The highest BCUT2D eigenvalue weighted by atomic mass is 32.1. The second-order valence-corrected chi connectivity index (χ2v) is 7.77. The second-order valence-electron chi connectivity index (χ2n) is 7.32. The van der Waals surface area contributed by atoms with Gasteiger partial charge in [0.25, 0.3) is 5.91 Å². The van der Waals surface area contributed by atoms with E-state index in [0.717, 1.165) is 49.4 Å². The number of nitrogens with one attached hydrogen (secondary N) is 1. The maximum Gasteiger partial charge on any atom is 0.252 e. The lowest BCUT2D eigenvalue weighted by Crippen LogP contribution is -2.48. The van der Waals surface area contributed by atoms with Gasteiger partial charge in [-0.25, -0.2) is 0 Å². The first kappa shape index (κ1) is 20.5. The van der Waals surface area contributed by atoms with Crippen molar-refractivity contribution in [2.24, 2.45) is 0 Å². The summed E-state index contributed by atoms with van der Waals surface area (Å²) in [4.78, 5) is 22.3. The van der Waals surface area contributed by atoms with Gasteiger partial charge in [-0.05, 0) is 36.4 Å². The van der Waals surface area contributed by atoms with Gasteiger partial charge >= 0.3 is 0 Å². The number of ether oxygens (including phenoxy) is 1. The van der Waals surface area contributed by atoms with Crippen molar-refractivity contribution < 1.29 is 9.53 Å². The highest BCUT2D eigenvalue weighted by Crippen LogP contribution is 2.24. The van der Waals surface area contributed by atoms with E-state index in [2.05, 4.69) is 44.9 Å². The van der Waals surface area contributed by atoms with Crippen LogP contribution in [0.4, 0.5) is 5.69 Å². The number of carbonyl (C=O) groups is 1. The van der Waals surface area contributed by atoms with Crippen molar-refractivity contribution in [3.8, 4) is 5.75 Å². The second kappa shape index (κ2) is 9.36. The van der Waals surface area contributed by atoms with Gasteiger partial charge in [-0.15, -0.1) is 12.6 Å². The first-order valence-corrected chi connectivity index (χ1v) is 10.6. The van der Waals surface area contributed by atoms with Crippen LogP contribution in [0, 0.1) is 0 Å². The predicted molar refractivity (Wildman–Crippen MR) is 123 cm³/mol. The molecule has 4 rings (SSSR count). The van der Waals surface area contributed by atoms with E-state index in [9.17, 15) is 4.79 Å². The van der Waals surface area contributed by atoms with Crippen LogP contribution in [0.3, 0.4) is 0 Å². The molecule has 2 heterocycles. The van der Waals surface area contributed by atoms with Crippen LogP contribution < -0.4 is 15.0 Å². The van der Waals surface area contributed by atoms with Crippen LogP contribution in [0.2, 0.25) is 0 Å². The van der Waals surface area contributed by atoms with E-state index in [-0.39, 0.29) is 5.91 Å². The quantitative estimate of drug-likeness (QED) is 0.598. The molecule has 1 aliphatic rings. The molecule has 3 aromatic rings. The lowest BCUT2D eigenvalue weighted by Gasteiger charge is -2.36. The number of benzene rings is 2. The summed E-state index contributed by atoms with van der Waals surface area (Å²) in [6, 6.07) is 15.8. The number of fused-ring (bicyclic) bond motifs is 1. The molecular weight excluding hydrogens is 396 g/mol. The minimum atomic E-state index is -0.107. The predicted octanol–water partition coefficient (Wildman–Crippen LogP) is 3.08. The number of carbonyl (C=O) groups excluding carboxylic acids is 1. The molecule has 0 atom stereocenters. The zero-order chi connectivity index (χ0) is 20.9. The number of hydrogen-bond donors (Lipinski definition) is 2. The van der Waals surface area contributed by atoms with E-state index in [1.54, 1.807) is 13.3 Å². The summed E-state index contributed by atoms with van der Waals surface area (Å²) in [6.07, 6.45) is 1.72. The van der Waals surface area contributed by atoms with Gasteiger partial charge in [0.05, 0.1) is 18.2 Å². The standard InChI is InChI=1S/C23H26N4O2S/c1-29-19-7-5-18(6-8-19)27-15-13-26(14-16-27)12-11-25-23(28)20-9-4-17-3-2-10-24-21(17)22(20)30/h2-10,30H,11-16H2,1H3,(H,25,28). The largest absolute Gasteiger partial charge is 0.497 e. The zero-order valence-electron chi connectivity index (χ0n) is 17.0. The third-order valence-corrected chi connectivity index (χ3v) is 5.97. The molecule has 0 spiro atoms. The monoisotopic (exact) mass is 422 g/mol. The molecule has 0 radical (unpaired) electrons. The molecule has 0 saturated carbocycles. The number of anilines is 1. The first-order valence-electron chi connectivity index (χ1n) is 10.1.